The maximum Gasteiger partial charge on any atom is 0.407 e. The van der Waals surface area contributed by atoms with Gasteiger partial charge in [-0.15, -0.1) is 0 Å². The molecule has 0 bridgehead atoms. The predicted octanol–water partition coefficient (Wildman–Crippen LogP) is 4.91. The monoisotopic (exact) mass is 386 g/mol. The number of carboxylic acid groups (broad SMARTS) is 1. The average molecular weight is 386 g/mol. The molecule has 0 radical (unpaired) electrons. The van der Waals surface area contributed by atoms with Crippen molar-refractivity contribution in [1.82, 2.24) is 4.90 Å². The average Bonchev–Trinajstić information content (AvgIpc) is 2.79. The van der Waals surface area contributed by atoms with Crippen LogP contribution in [0, 0.1) is 0 Å². The van der Waals surface area contributed by atoms with Crippen LogP contribution in [0.25, 0.3) is 0 Å². The van der Waals surface area contributed by atoms with Gasteiger partial charge in [0.25, 0.3) is 0 Å². The van der Waals surface area contributed by atoms with Gasteiger partial charge in [0.2, 0.25) is 0 Å². The maximum atomic E-state index is 11.2. The highest BCUT2D eigenvalue weighted by atomic mass is 16.5. The maximum absolute atomic E-state index is 11.2. The highest BCUT2D eigenvalue weighted by Crippen LogP contribution is 2.25. The number of hydrogen-bond donors (Lipinski definition) is 1. The van der Waals surface area contributed by atoms with Crippen molar-refractivity contribution in [2.45, 2.75) is 6.10 Å². The molecule has 0 saturated carbocycles. The molecule has 0 spiro atoms. The van der Waals surface area contributed by atoms with Gasteiger partial charge in [-0.25, -0.2) is 9.79 Å². The minimum absolute atomic E-state index is 0.249. The zero-order chi connectivity index (χ0) is 20.1. The number of morpholine rings is 1. The van der Waals surface area contributed by atoms with Gasteiger partial charge in [-0.05, 0) is 17.7 Å². The molecule has 0 aromatic heterocycles. The molecule has 3 aromatic rings. The number of ether oxygens (including phenoxy) is 1. The third-order valence-corrected chi connectivity index (χ3v) is 4.94. The summed E-state index contributed by atoms with van der Waals surface area (Å²) in [6.45, 7) is 1.16. The number of aliphatic imine (C=N–C) groups is 1. The summed E-state index contributed by atoms with van der Waals surface area (Å²) in [4.78, 5) is 17.5. The minimum Gasteiger partial charge on any atom is -0.465 e. The molecule has 5 heteroatoms. The molecule has 5 nitrogen and oxygen atoms in total. The number of benzene rings is 3. The Hall–Kier alpha value is -3.44. The summed E-state index contributed by atoms with van der Waals surface area (Å²) in [6.07, 6.45) is -1.16. The molecule has 3 aromatic carbocycles. The van der Waals surface area contributed by atoms with Gasteiger partial charge >= 0.3 is 6.09 Å². The van der Waals surface area contributed by atoms with Gasteiger partial charge in [-0.1, -0.05) is 72.8 Å². The van der Waals surface area contributed by atoms with Gasteiger partial charge in [0, 0.05) is 17.7 Å². The summed E-state index contributed by atoms with van der Waals surface area (Å²) in [7, 11) is 0. The Morgan fingerprint density at radius 2 is 1.48 bits per heavy atom. The molecule has 1 fully saturated rings. The van der Waals surface area contributed by atoms with E-state index in [1.54, 1.807) is 0 Å². The lowest BCUT2D eigenvalue weighted by molar-refractivity contribution is -0.0231. The first-order chi connectivity index (χ1) is 14.2. The number of amides is 1. The van der Waals surface area contributed by atoms with Crippen LogP contribution in [0.15, 0.2) is 89.9 Å². The molecule has 1 amide bonds. The number of hydrogen-bond acceptors (Lipinski definition) is 3. The van der Waals surface area contributed by atoms with Crippen LogP contribution in [0.1, 0.15) is 22.8 Å². The smallest absolute Gasteiger partial charge is 0.407 e. The molecule has 29 heavy (non-hydrogen) atoms. The van der Waals surface area contributed by atoms with Crippen LogP contribution in [-0.4, -0.2) is 41.5 Å². The molecule has 1 heterocycles. The Kier molecular flexibility index (Phi) is 5.68. The molecule has 0 aliphatic carbocycles. The van der Waals surface area contributed by atoms with E-state index in [9.17, 15) is 9.90 Å². The fourth-order valence-corrected chi connectivity index (χ4v) is 3.41. The molecular formula is C24H22N2O3. The van der Waals surface area contributed by atoms with Crippen LogP contribution in [0.4, 0.5) is 10.5 Å². The molecule has 1 aliphatic rings. The van der Waals surface area contributed by atoms with Gasteiger partial charge in [-0.2, -0.15) is 0 Å². The molecule has 1 aliphatic heterocycles. The van der Waals surface area contributed by atoms with E-state index in [1.165, 1.54) is 4.90 Å². The first kappa shape index (κ1) is 18.9. The summed E-state index contributed by atoms with van der Waals surface area (Å²) in [5, 5.41) is 9.22. The predicted molar refractivity (Wildman–Crippen MR) is 113 cm³/mol. The number of carbonyl (C=O) groups is 1. The van der Waals surface area contributed by atoms with Crippen molar-refractivity contribution >= 4 is 17.5 Å². The van der Waals surface area contributed by atoms with Crippen molar-refractivity contribution in [3.05, 3.63) is 102 Å². The zero-order valence-electron chi connectivity index (χ0n) is 15.9. The fourth-order valence-electron chi connectivity index (χ4n) is 3.41. The molecule has 1 unspecified atom stereocenters. The molecule has 1 saturated heterocycles. The van der Waals surface area contributed by atoms with E-state index < -0.39 is 6.09 Å². The molecule has 1 atom stereocenters. The van der Waals surface area contributed by atoms with Crippen molar-refractivity contribution < 1.29 is 14.6 Å². The lowest BCUT2D eigenvalue weighted by Gasteiger charge is -2.31. The van der Waals surface area contributed by atoms with Crippen LogP contribution >= 0.6 is 0 Å². The van der Waals surface area contributed by atoms with Gasteiger partial charge in [0.1, 0.15) is 6.10 Å². The van der Waals surface area contributed by atoms with E-state index >= 15 is 0 Å². The Balaban J connectivity index is 1.61. The number of nitrogens with zero attached hydrogens (tertiary/aromatic N) is 2. The topological polar surface area (TPSA) is 62.1 Å². The van der Waals surface area contributed by atoms with Crippen LogP contribution in [0.5, 0.6) is 0 Å². The number of rotatable bonds is 4. The second kappa shape index (κ2) is 8.71. The van der Waals surface area contributed by atoms with Gasteiger partial charge in [0.15, 0.2) is 0 Å². The summed E-state index contributed by atoms with van der Waals surface area (Å²) in [5.74, 6) is 0. The van der Waals surface area contributed by atoms with Gasteiger partial charge < -0.3 is 14.7 Å². The SMILES string of the molecule is O=C(O)N1CCOC(c2ccc(N=C(c3ccccc3)c3ccccc3)cc2)C1. The third-order valence-electron chi connectivity index (χ3n) is 4.94. The van der Waals surface area contributed by atoms with Crippen molar-refractivity contribution in [3.8, 4) is 0 Å². The van der Waals surface area contributed by atoms with Crippen molar-refractivity contribution in [1.29, 1.82) is 0 Å². The Morgan fingerprint density at radius 1 is 0.897 bits per heavy atom. The second-order valence-electron chi connectivity index (χ2n) is 6.87. The van der Waals surface area contributed by atoms with Crippen molar-refractivity contribution in [2.75, 3.05) is 19.7 Å². The van der Waals surface area contributed by atoms with Crippen molar-refractivity contribution in [2.24, 2.45) is 4.99 Å². The van der Waals surface area contributed by atoms with E-state index in [0.29, 0.717) is 19.7 Å². The van der Waals surface area contributed by atoms with E-state index in [-0.39, 0.29) is 6.10 Å². The Morgan fingerprint density at radius 3 is 2.03 bits per heavy atom. The molecule has 1 N–H and O–H groups in total. The highest BCUT2D eigenvalue weighted by Gasteiger charge is 2.24. The lowest BCUT2D eigenvalue weighted by Crippen LogP contribution is -2.41. The van der Waals surface area contributed by atoms with E-state index in [1.807, 2.05) is 60.7 Å². The largest absolute Gasteiger partial charge is 0.465 e. The first-order valence-electron chi connectivity index (χ1n) is 9.60. The van der Waals surface area contributed by atoms with E-state index in [0.717, 1.165) is 28.1 Å². The van der Waals surface area contributed by atoms with Crippen LogP contribution < -0.4 is 0 Å². The minimum atomic E-state index is -0.908. The molecule has 146 valence electrons. The van der Waals surface area contributed by atoms with E-state index in [2.05, 4.69) is 24.3 Å². The molecule has 4 rings (SSSR count). The van der Waals surface area contributed by atoms with Gasteiger partial charge in [-0.3, -0.25) is 0 Å². The highest BCUT2D eigenvalue weighted by molar-refractivity contribution is 6.13. The summed E-state index contributed by atoms with van der Waals surface area (Å²) < 4.78 is 5.76. The summed E-state index contributed by atoms with van der Waals surface area (Å²) in [5.41, 5.74) is 4.80. The summed E-state index contributed by atoms with van der Waals surface area (Å²) in [6, 6.07) is 28.0. The summed E-state index contributed by atoms with van der Waals surface area (Å²) >= 11 is 0. The quantitative estimate of drug-likeness (QED) is 0.648. The third kappa shape index (κ3) is 4.52. The second-order valence-corrected chi connectivity index (χ2v) is 6.87. The lowest BCUT2D eigenvalue weighted by atomic mass is 10.0. The van der Waals surface area contributed by atoms with Crippen molar-refractivity contribution in [3.63, 3.8) is 0 Å². The van der Waals surface area contributed by atoms with Crippen LogP contribution in [-0.2, 0) is 4.74 Å². The first-order valence-corrected chi connectivity index (χ1v) is 9.60. The van der Waals surface area contributed by atoms with Crippen LogP contribution in [0.2, 0.25) is 0 Å². The Labute approximate surface area is 169 Å². The standard InChI is InChI=1S/C24H22N2O3/c27-24(28)26-15-16-29-22(17-26)18-11-13-21(14-12-18)25-23(19-7-3-1-4-8-19)20-9-5-2-6-10-20/h1-14,22H,15-17H2,(H,27,28). The van der Waals surface area contributed by atoms with Crippen LogP contribution in [0.3, 0.4) is 0 Å². The zero-order valence-corrected chi connectivity index (χ0v) is 15.9. The van der Waals surface area contributed by atoms with Gasteiger partial charge in [0.05, 0.1) is 24.6 Å². The normalized spacial score (nSPS) is 16.3. The van der Waals surface area contributed by atoms with E-state index in [4.69, 9.17) is 9.73 Å². The Bertz CT molecular complexity index is 944. The molecular weight excluding hydrogens is 364 g/mol. The fraction of sp³-hybridized carbons (Fsp3) is 0.167.